The average molecular weight is 455 g/mol. The first-order valence-electron chi connectivity index (χ1n) is 9.50. The number of methoxy groups -OCH3 is 3. The lowest BCUT2D eigenvalue weighted by atomic mass is 10.1. The maximum atomic E-state index is 13.0. The van der Waals surface area contributed by atoms with Gasteiger partial charge in [-0.25, -0.2) is 17.1 Å². The lowest BCUT2D eigenvalue weighted by Gasteiger charge is -2.17. The van der Waals surface area contributed by atoms with E-state index in [1.807, 2.05) is 0 Å². The van der Waals surface area contributed by atoms with E-state index in [-0.39, 0.29) is 30.3 Å². The molecule has 0 saturated heterocycles. The van der Waals surface area contributed by atoms with Crippen LogP contribution in [-0.2, 0) is 21.4 Å². The van der Waals surface area contributed by atoms with Gasteiger partial charge in [0.1, 0.15) is 5.82 Å². The molecule has 1 N–H and O–H groups in total. The van der Waals surface area contributed by atoms with Gasteiger partial charge >= 0.3 is 0 Å². The second-order valence-corrected chi connectivity index (χ2v) is 8.74. The maximum Gasteiger partial charge on any atom is 0.242 e. The first-order valence-corrected chi connectivity index (χ1v) is 10.9. The van der Waals surface area contributed by atoms with Crippen molar-refractivity contribution in [3.05, 3.63) is 47.8 Å². The Kier molecular flexibility index (Phi) is 8.64. The van der Waals surface area contributed by atoms with E-state index >= 15 is 0 Å². The number of rotatable bonds is 11. The standard InChI is InChI=1S/C21H27FN2O6S/c1-24(31(26,27)17-9-7-16(22)8-10-17)11-5-6-20(25)23-14-15-12-18(28-2)21(30-4)19(13-15)29-3/h7-10,12-13H,5-6,11,14H2,1-4H3,(H,23,25). The Morgan fingerprint density at radius 3 is 2.13 bits per heavy atom. The summed E-state index contributed by atoms with van der Waals surface area (Å²) in [4.78, 5) is 12.2. The highest BCUT2D eigenvalue weighted by Gasteiger charge is 2.20. The van der Waals surface area contributed by atoms with E-state index in [1.54, 1.807) is 12.1 Å². The van der Waals surface area contributed by atoms with Crippen molar-refractivity contribution in [3.8, 4) is 17.2 Å². The minimum Gasteiger partial charge on any atom is -0.493 e. The fraction of sp³-hybridized carbons (Fsp3) is 0.381. The summed E-state index contributed by atoms with van der Waals surface area (Å²) in [6, 6.07) is 8.10. The summed E-state index contributed by atoms with van der Waals surface area (Å²) in [6.07, 6.45) is 0.478. The number of hydrogen-bond donors (Lipinski definition) is 1. The van der Waals surface area contributed by atoms with Crippen LogP contribution in [0.1, 0.15) is 18.4 Å². The van der Waals surface area contributed by atoms with Gasteiger partial charge in [0.2, 0.25) is 21.7 Å². The summed E-state index contributed by atoms with van der Waals surface area (Å²) < 4.78 is 55.0. The number of nitrogens with zero attached hydrogens (tertiary/aromatic N) is 1. The summed E-state index contributed by atoms with van der Waals surface area (Å²) in [5, 5.41) is 2.79. The predicted octanol–water partition coefficient (Wildman–Crippen LogP) is 2.57. The average Bonchev–Trinajstić information content (AvgIpc) is 2.76. The first-order chi connectivity index (χ1) is 14.7. The van der Waals surface area contributed by atoms with Crippen LogP contribution in [-0.4, -0.2) is 53.6 Å². The molecule has 170 valence electrons. The molecule has 1 amide bonds. The molecule has 2 aromatic carbocycles. The lowest BCUT2D eigenvalue weighted by Crippen LogP contribution is -2.29. The van der Waals surface area contributed by atoms with Gasteiger partial charge in [0.15, 0.2) is 11.5 Å². The fourth-order valence-corrected chi connectivity index (χ4v) is 4.10. The van der Waals surface area contributed by atoms with Crippen LogP contribution in [0.4, 0.5) is 4.39 Å². The van der Waals surface area contributed by atoms with Crippen LogP contribution in [0.2, 0.25) is 0 Å². The number of ether oxygens (including phenoxy) is 3. The van der Waals surface area contributed by atoms with Crippen molar-refractivity contribution in [2.24, 2.45) is 0 Å². The predicted molar refractivity (Wildman–Crippen MR) is 113 cm³/mol. The number of hydrogen-bond acceptors (Lipinski definition) is 6. The van der Waals surface area contributed by atoms with Gasteiger partial charge in [0, 0.05) is 26.6 Å². The third kappa shape index (κ3) is 6.31. The molecule has 0 saturated carbocycles. The van der Waals surface area contributed by atoms with E-state index in [0.29, 0.717) is 23.7 Å². The van der Waals surface area contributed by atoms with Crippen molar-refractivity contribution in [2.75, 3.05) is 34.9 Å². The number of carbonyl (C=O) groups excluding carboxylic acids is 1. The van der Waals surface area contributed by atoms with E-state index in [9.17, 15) is 17.6 Å². The van der Waals surface area contributed by atoms with Crippen LogP contribution < -0.4 is 19.5 Å². The minimum atomic E-state index is -3.74. The van der Waals surface area contributed by atoms with Gasteiger partial charge in [-0.15, -0.1) is 0 Å². The highest BCUT2D eigenvalue weighted by Crippen LogP contribution is 2.38. The largest absolute Gasteiger partial charge is 0.493 e. The van der Waals surface area contributed by atoms with Gasteiger partial charge in [0.25, 0.3) is 0 Å². The van der Waals surface area contributed by atoms with E-state index in [4.69, 9.17) is 14.2 Å². The van der Waals surface area contributed by atoms with E-state index < -0.39 is 15.8 Å². The number of benzene rings is 2. The molecule has 0 unspecified atom stereocenters. The van der Waals surface area contributed by atoms with Crippen molar-refractivity contribution in [1.29, 1.82) is 0 Å². The normalized spacial score (nSPS) is 11.3. The molecule has 0 spiro atoms. The van der Waals surface area contributed by atoms with Crippen LogP contribution in [0.3, 0.4) is 0 Å². The fourth-order valence-electron chi connectivity index (χ4n) is 2.90. The summed E-state index contributed by atoms with van der Waals surface area (Å²) in [6.45, 7) is 0.399. The summed E-state index contributed by atoms with van der Waals surface area (Å²) in [7, 11) is 2.22. The van der Waals surface area contributed by atoms with Crippen LogP contribution in [0.25, 0.3) is 0 Å². The SMILES string of the molecule is COc1cc(CNC(=O)CCCN(C)S(=O)(=O)c2ccc(F)cc2)cc(OC)c1OC. The van der Waals surface area contributed by atoms with Crippen molar-refractivity contribution in [1.82, 2.24) is 9.62 Å². The molecule has 31 heavy (non-hydrogen) atoms. The molecule has 0 bridgehead atoms. The molecule has 0 aliphatic rings. The second kappa shape index (κ2) is 11.0. The van der Waals surface area contributed by atoms with E-state index in [0.717, 1.165) is 22.0 Å². The minimum absolute atomic E-state index is 0.00301. The van der Waals surface area contributed by atoms with Crippen LogP contribution >= 0.6 is 0 Å². The molecule has 0 aliphatic carbocycles. The van der Waals surface area contributed by atoms with Crippen LogP contribution in [0.5, 0.6) is 17.2 Å². The first kappa shape index (κ1) is 24.4. The highest BCUT2D eigenvalue weighted by molar-refractivity contribution is 7.89. The Bertz CT molecular complexity index is 970. The summed E-state index contributed by atoms with van der Waals surface area (Å²) >= 11 is 0. The molecule has 2 rings (SSSR count). The molecule has 8 nitrogen and oxygen atoms in total. The van der Waals surface area contributed by atoms with Crippen molar-refractivity contribution in [2.45, 2.75) is 24.3 Å². The smallest absolute Gasteiger partial charge is 0.242 e. The van der Waals surface area contributed by atoms with Crippen LogP contribution in [0, 0.1) is 5.82 Å². The van der Waals surface area contributed by atoms with Crippen molar-refractivity contribution < 1.29 is 31.8 Å². The highest BCUT2D eigenvalue weighted by atomic mass is 32.2. The molecule has 0 aromatic heterocycles. The maximum absolute atomic E-state index is 13.0. The van der Waals surface area contributed by atoms with Gasteiger partial charge in [0.05, 0.1) is 26.2 Å². The van der Waals surface area contributed by atoms with Gasteiger partial charge in [-0.2, -0.15) is 0 Å². The Morgan fingerprint density at radius 2 is 1.61 bits per heavy atom. The second-order valence-electron chi connectivity index (χ2n) is 6.69. The molecule has 0 aliphatic heterocycles. The van der Waals surface area contributed by atoms with Gasteiger partial charge in [-0.3, -0.25) is 4.79 Å². The van der Waals surface area contributed by atoms with E-state index in [2.05, 4.69) is 5.32 Å². The number of sulfonamides is 1. The summed E-state index contributed by atoms with van der Waals surface area (Å²) in [5.74, 6) is 0.703. The third-order valence-electron chi connectivity index (χ3n) is 4.61. The number of carbonyl (C=O) groups is 1. The van der Waals surface area contributed by atoms with Crippen LogP contribution in [0.15, 0.2) is 41.3 Å². The molecule has 0 atom stereocenters. The molecule has 10 heteroatoms. The quantitative estimate of drug-likeness (QED) is 0.561. The molecular formula is C21H27FN2O6S. The van der Waals surface area contributed by atoms with Gasteiger partial charge in [-0.1, -0.05) is 0 Å². The van der Waals surface area contributed by atoms with Gasteiger partial charge in [-0.05, 0) is 48.4 Å². The Hall–Kier alpha value is -2.85. The number of amides is 1. The Labute approximate surface area is 182 Å². The molecule has 0 radical (unpaired) electrons. The molecule has 0 fully saturated rings. The third-order valence-corrected chi connectivity index (χ3v) is 6.48. The van der Waals surface area contributed by atoms with E-state index in [1.165, 1.54) is 40.5 Å². The topological polar surface area (TPSA) is 94.2 Å². The zero-order valence-electron chi connectivity index (χ0n) is 18.0. The number of halogens is 1. The number of nitrogens with one attached hydrogen (secondary N) is 1. The monoisotopic (exact) mass is 454 g/mol. The molecular weight excluding hydrogens is 427 g/mol. The Morgan fingerprint density at radius 1 is 1.03 bits per heavy atom. The Balaban J connectivity index is 1.88. The molecule has 0 heterocycles. The zero-order chi connectivity index (χ0) is 23.0. The van der Waals surface area contributed by atoms with Crippen molar-refractivity contribution in [3.63, 3.8) is 0 Å². The van der Waals surface area contributed by atoms with Crippen molar-refractivity contribution >= 4 is 15.9 Å². The van der Waals surface area contributed by atoms with Gasteiger partial charge < -0.3 is 19.5 Å². The molecule has 2 aromatic rings. The zero-order valence-corrected chi connectivity index (χ0v) is 18.8. The summed E-state index contributed by atoms with van der Waals surface area (Å²) in [5.41, 5.74) is 0.763. The lowest BCUT2D eigenvalue weighted by molar-refractivity contribution is -0.121.